The highest BCUT2D eigenvalue weighted by atomic mass is 16.2. The van der Waals surface area contributed by atoms with Gasteiger partial charge in [-0.3, -0.25) is 14.7 Å². The fraction of sp³-hybridized carbons (Fsp3) is 0.524. The van der Waals surface area contributed by atoms with Crippen LogP contribution in [0.3, 0.4) is 0 Å². The van der Waals surface area contributed by atoms with Crippen LogP contribution in [0.5, 0.6) is 0 Å². The van der Waals surface area contributed by atoms with Crippen molar-refractivity contribution in [1.29, 1.82) is 0 Å². The van der Waals surface area contributed by atoms with E-state index >= 15 is 0 Å². The van der Waals surface area contributed by atoms with E-state index in [2.05, 4.69) is 15.2 Å². The van der Waals surface area contributed by atoms with Gasteiger partial charge in [0.05, 0.1) is 0 Å². The lowest BCUT2D eigenvalue weighted by molar-refractivity contribution is 0.0745. The Morgan fingerprint density at radius 1 is 1.14 bits per heavy atom. The molecule has 1 saturated carbocycles. The monoisotopic (exact) mass is 381 g/mol. The van der Waals surface area contributed by atoms with Crippen molar-refractivity contribution in [2.45, 2.75) is 39.0 Å². The van der Waals surface area contributed by atoms with Crippen LogP contribution in [0.4, 0.5) is 5.95 Å². The number of hydrogen-bond acceptors (Lipinski definition) is 5. The van der Waals surface area contributed by atoms with Crippen LogP contribution in [0.15, 0.2) is 24.3 Å². The third-order valence-electron chi connectivity index (χ3n) is 5.68. The number of carbonyl (C=O) groups excluding carboxylic acids is 2. The highest BCUT2D eigenvalue weighted by molar-refractivity contribution is 5.95. The highest BCUT2D eigenvalue weighted by Crippen LogP contribution is 2.34. The number of piperazine rings is 1. The maximum Gasteiger partial charge on any atom is 0.254 e. The van der Waals surface area contributed by atoms with E-state index < -0.39 is 0 Å². The second-order valence-electron chi connectivity index (χ2n) is 7.84. The minimum atomic E-state index is 0.0350. The smallest absolute Gasteiger partial charge is 0.254 e. The molecule has 1 aromatic heterocycles. The number of rotatable bonds is 7. The molecule has 2 aliphatic rings. The van der Waals surface area contributed by atoms with E-state index in [9.17, 15) is 9.59 Å². The van der Waals surface area contributed by atoms with Crippen LogP contribution in [0.2, 0.25) is 0 Å². The summed E-state index contributed by atoms with van der Waals surface area (Å²) in [5, 5.41) is 7.02. The number of Topliss-reactive ketones (excluding diaryl/α,β-unsaturated/α-hetero) is 1. The zero-order chi connectivity index (χ0) is 19.5. The van der Waals surface area contributed by atoms with Gasteiger partial charge in [-0.1, -0.05) is 37.5 Å². The van der Waals surface area contributed by atoms with Crippen LogP contribution in [-0.4, -0.2) is 58.0 Å². The number of nitrogens with one attached hydrogen (secondary N) is 1. The summed E-state index contributed by atoms with van der Waals surface area (Å²) in [6, 6.07) is 7.67. The average Bonchev–Trinajstić information content (AvgIpc) is 3.40. The molecule has 1 N–H and O–H groups in total. The zero-order valence-electron chi connectivity index (χ0n) is 16.4. The van der Waals surface area contributed by atoms with Crippen molar-refractivity contribution < 1.29 is 9.59 Å². The first-order chi connectivity index (χ1) is 13.6. The lowest BCUT2D eigenvalue weighted by Crippen LogP contribution is -2.49. The van der Waals surface area contributed by atoms with Crippen LogP contribution < -0.4 is 4.90 Å². The number of nitrogens with zero attached hydrogens (tertiary/aromatic N) is 4. The lowest BCUT2D eigenvalue weighted by atomic mass is 10.1. The van der Waals surface area contributed by atoms with E-state index in [1.807, 2.05) is 41.0 Å². The van der Waals surface area contributed by atoms with Crippen molar-refractivity contribution in [1.82, 2.24) is 20.1 Å². The van der Waals surface area contributed by atoms with Crippen molar-refractivity contribution in [3.8, 4) is 0 Å². The Labute approximate surface area is 165 Å². The molecule has 0 atom stereocenters. The van der Waals surface area contributed by atoms with Gasteiger partial charge in [0, 0.05) is 38.2 Å². The predicted molar refractivity (Wildman–Crippen MR) is 107 cm³/mol. The second kappa shape index (κ2) is 8.12. The molecule has 7 heteroatoms. The first-order valence-electron chi connectivity index (χ1n) is 10.2. The van der Waals surface area contributed by atoms with Gasteiger partial charge in [0.15, 0.2) is 11.6 Å². The van der Waals surface area contributed by atoms with Crippen molar-refractivity contribution in [2.24, 2.45) is 5.92 Å². The second-order valence-corrected chi connectivity index (χ2v) is 7.84. The lowest BCUT2D eigenvalue weighted by Gasteiger charge is -2.34. The van der Waals surface area contributed by atoms with Gasteiger partial charge in [-0.15, -0.1) is 5.10 Å². The first kappa shape index (κ1) is 18.7. The molecule has 0 radical (unpaired) electrons. The third kappa shape index (κ3) is 4.24. The fourth-order valence-electron chi connectivity index (χ4n) is 3.69. The molecule has 2 aromatic rings. The molecule has 7 nitrogen and oxygen atoms in total. The van der Waals surface area contributed by atoms with Gasteiger partial charge in [0.2, 0.25) is 5.95 Å². The van der Waals surface area contributed by atoms with E-state index in [1.54, 1.807) is 0 Å². The van der Waals surface area contributed by atoms with Crippen molar-refractivity contribution >= 4 is 17.6 Å². The van der Waals surface area contributed by atoms with Crippen molar-refractivity contribution in [2.75, 3.05) is 31.1 Å². The summed E-state index contributed by atoms with van der Waals surface area (Å²) in [5.41, 5.74) is 1.75. The summed E-state index contributed by atoms with van der Waals surface area (Å²) in [7, 11) is 0. The maximum atomic E-state index is 12.7. The molecule has 1 aliphatic heterocycles. The molecule has 2 heterocycles. The number of anilines is 1. The fourth-order valence-corrected chi connectivity index (χ4v) is 3.69. The van der Waals surface area contributed by atoms with Gasteiger partial charge in [-0.2, -0.15) is 4.98 Å². The Balaban J connectivity index is 1.30. The summed E-state index contributed by atoms with van der Waals surface area (Å²) in [5.74, 6) is 1.85. The number of benzene rings is 1. The Hall–Kier alpha value is -2.70. The number of amides is 1. The van der Waals surface area contributed by atoms with E-state index in [0.717, 1.165) is 29.9 Å². The number of aromatic amines is 1. The van der Waals surface area contributed by atoms with Gasteiger partial charge in [-0.25, -0.2) is 0 Å². The summed E-state index contributed by atoms with van der Waals surface area (Å²) in [6.07, 6.45) is 5.24. The molecule has 0 spiro atoms. The van der Waals surface area contributed by atoms with Crippen LogP contribution in [0.25, 0.3) is 0 Å². The molecule has 2 fully saturated rings. The number of H-pyrrole nitrogens is 1. The van der Waals surface area contributed by atoms with Crippen LogP contribution in [0.1, 0.15) is 58.6 Å². The van der Waals surface area contributed by atoms with Gasteiger partial charge in [-0.05, 0) is 30.9 Å². The van der Waals surface area contributed by atoms with Gasteiger partial charge in [0.25, 0.3) is 5.91 Å². The molecular formula is C21H27N5O2. The van der Waals surface area contributed by atoms with E-state index in [1.165, 1.54) is 12.8 Å². The van der Waals surface area contributed by atoms with Gasteiger partial charge < -0.3 is 9.80 Å². The molecular weight excluding hydrogens is 354 g/mol. The Kier molecular flexibility index (Phi) is 5.41. The maximum absolute atomic E-state index is 12.7. The molecule has 1 aliphatic carbocycles. The number of aromatic nitrogens is 3. The molecule has 148 valence electrons. The topological polar surface area (TPSA) is 82.2 Å². The van der Waals surface area contributed by atoms with Gasteiger partial charge >= 0.3 is 0 Å². The number of hydrogen-bond donors (Lipinski definition) is 1. The summed E-state index contributed by atoms with van der Waals surface area (Å²) in [6.45, 7) is 4.51. The quantitative estimate of drug-likeness (QED) is 0.746. The number of carbonyl (C=O) groups is 2. The third-order valence-corrected chi connectivity index (χ3v) is 5.68. The standard InChI is InChI=1S/C21H27N5O2/c1-15-5-2-3-7-17(15)20(28)25-11-13-26(14-12-25)21-22-19(23-24-21)18(27)8-4-6-16-9-10-16/h2-3,5,7,16H,4,6,8-14H2,1H3,(H,22,23,24). The molecule has 1 amide bonds. The largest absolute Gasteiger partial charge is 0.336 e. The first-order valence-corrected chi connectivity index (χ1v) is 10.2. The average molecular weight is 381 g/mol. The Morgan fingerprint density at radius 2 is 1.89 bits per heavy atom. The molecule has 1 aromatic carbocycles. The van der Waals surface area contributed by atoms with E-state index in [0.29, 0.717) is 44.4 Å². The summed E-state index contributed by atoms with van der Waals surface area (Å²) in [4.78, 5) is 33.3. The predicted octanol–water partition coefficient (Wildman–Crippen LogP) is 2.84. The normalized spacial score (nSPS) is 17.0. The van der Waals surface area contributed by atoms with Crippen molar-refractivity contribution in [3.63, 3.8) is 0 Å². The minimum Gasteiger partial charge on any atom is -0.336 e. The molecule has 1 saturated heterocycles. The Morgan fingerprint density at radius 3 is 2.61 bits per heavy atom. The molecule has 0 bridgehead atoms. The summed E-state index contributed by atoms with van der Waals surface area (Å²) >= 11 is 0. The van der Waals surface area contributed by atoms with Gasteiger partial charge in [0.1, 0.15) is 0 Å². The van der Waals surface area contributed by atoms with Crippen LogP contribution >= 0.6 is 0 Å². The molecule has 0 unspecified atom stereocenters. The van der Waals surface area contributed by atoms with Crippen molar-refractivity contribution in [3.05, 3.63) is 41.2 Å². The molecule has 28 heavy (non-hydrogen) atoms. The van der Waals surface area contributed by atoms with E-state index in [4.69, 9.17) is 0 Å². The van der Waals surface area contributed by atoms with Crippen LogP contribution in [0, 0.1) is 12.8 Å². The minimum absolute atomic E-state index is 0.0350. The highest BCUT2D eigenvalue weighted by Gasteiger charge is 2.26. The Bertz CT molecular complexity index is 850. The SMILES string of the molecule is Cc1ccccc1C(=O)N1CCN(c2n[nH]c(C(=O)CCCC3CC3)n2)CC1. The summed E-state index contributed by atoms with van der Waals surface area (Å²) < 4.78 is 0. The van der Waals surface area contributed by atoms with E-state index in [-0.39, 0.29) is 11.7 Å². The zero-order valence-corrected chi connectivity index (χ0v) is 16.4. The number of aryl methyl sites for hydroxylation is 1. The van der Waals surface area contributed by atoms with Crippen LogP contribution in [-0.2, 0) is 0 Å². The molecule has 4 rings (SSSR count). The number of ketones is 1.